The Kier molecular flexibility index (Phi) is 1.84. The van der Waals surface area contributed by atoms with Gasteiger partial charge in [0.1, 0.15) is 0 Å². The molecular weight excluding hydrogens is 190 g/mol. The Hall–Kier alpha value is -0.890. The number of rotatable bonds is 0. The summed E-state index contributed by atoms with van der Waals surface area (Å²) in [4.78, 5) is 3.50. The van der Waals surface area contributed by atoms with E-state index in [0.717, 1.165) is 24.4 Å². The Morgan fingerprint density at radius 1 is 1.07 bits per heavy atom. The summed E-state index contributed by atoms with van der Waals surface area (Å²) in [5, 5.41) is 0. The number of hydrogen-bond acceptors (Lipinski definition) is 1. The van der Waals surface area contributed by atoms with E-state index in [2.05, 4.69) is 23.1 Å². The van der Waals surface area contributed by atoms with Gasteiger partial charge in [0.2, 0.25) is 0 Å². The van der Waals surface area contributed by atoms with Crippen LogP contribution in [0.2, 0.25) is 0 Å². The standard InChI is InChI=1S/C12H13NS/c14-11-7-6-10-4-1-3-9-5-2-8-13(11)12(9)10/h1,3-4H,2,5-8H2. The molecule has 2 heterocycles. The first-order valence-corrected chi connectivity index (χ1v) is 5.68. The number of hydrogen-bond donors (Lipinski definition) is 0. The van der Waals surface area contributed by atoms with Crippen LogP contribution < -0.4 is 4.90 Å². The molecule has 0 aliphatic carbocycles. The van der Waals surface area contributed by atoms with E-state index in [4.69, 9.17) is 12.2 Å². The Bertz CT molecular complexity index is 383. The Morgan fingerprint density at radius 3 is 2.71 bits per heavy atom. The lowest BCUT2D eigenvalue weighted by molar-refractivity contribution is 0.754. The summed E-state index contributed by atoms with van der Waals surface area (Å²) in [6.07, 6.45) is 4.67. The number of benzene rings is 1. The average Bonchev–Trinajstić information content (AvgIpc) is 2.24. The molecule has 0 unspecified atom stereocenters. The maximum Gasteiger partial charge on any atom is 0.0827 e. The normalized spacial score (nSPS) is 19.4. The quantitative estimate of drug-likeness (QED) is 0.596. The third-order valence-corrected chi connectivity index (χ3v) is 3.63. The molecule has 2 aliphatic heterocycles. The molecule has 0 bridgehead atoms. The van der Waals surface area contributed by atoms with Crippen molar-refractivity contribution < 1.29 is 0 Å². The number of aryl methyl sites for hydroxylation is 2. The Balaban J connectivity index is 2.21. The molecule has 0 saturated carbocycles. The Labute approximate surface area is 89.7 Å². The lowest BCUT2D eigenvalue weighted by Crippen LogP contribution is -2.38. The molecule has 0 spiro atoms. The fraction of sp³-hybridized carbons (Fsp3) is 0.417. The summed E-state index contributed by atoms with van der Waals surface area (Å²) < 4.78 is 0. The third kappa shape index (κ3) is 1.10. The van der Waals surface area contributed by atoms with Gasteiger partial charge in [0, 0.05) is 18.7 Å². The molecule has 72 valence electrons. The van der Waals surface area contributed by atoms with Crippen LogP contribution in [-0.2, 0) is 12.8 Å². The second kappa shape index (κ2) is 3.06. The van der Waals surface area contributed by atoms with Crippen molar-refractivity contribution in [3.05, 3.63) is 29.3 Å². The van der Waals surface area contributed by atoms with Gasteiger partial charge in [-0.2, -0.15) is 0 Å². The maximum absolute atomic E-state index is 5.42. The molecule has 0 aromatic heterocycles. The van der Waals surface area contributed by atoms with Crippen molar-refractivity contribution in [2.24, 2.45) is 0 Å². The monoisotopic (exact) mass is 203 g/mol. The van der Waals surface area contributed by atoms with Crippen molar-refractivity contribution in [1.29, 1.82) is 0 Å². The summed E-state index contributed by atoms with van der Waals surface area (Å²) in [5.41, 5.74) is 4.43. The van der Waals surface area contributed by atoms with Gasteiger partial charge >= 0.3 is 0 Å². The highest BCUT2D eigenvalue weighted by Crippen LogP contribution is 2.35. The third-order valence-electron chi connectivity index (χ3n) is 3.21. The van der Waals surface area contributed by atoms with E-state index < -0.39 is 0 Å². The van der Waals surface area contributed by atoms with Gasteiger partial charge in [-0.3, -0.25) is 0 Å². The van der Waals surface area contributed by atoms with Crippen molar-refractivity contribution in [3.63, 3.8) is 0 Å². The van der Waals surface area contributed by atoms with E-state index in [1.54, 1.807) is 0 Å². The zero-order valence-electron chi connectivity index (χ0n) is 8.12. The number of para-hydroxylation sites is 1. The molecule has 0 fully saturated rings. The first kappa shape index (κ1) is 8.42. The van der Waals surface area contributed by atoms with Crippen LogP contribution in [0.3, 0.4) is 0 Å². The topological polar surface area (TPSA) is 3.24 Å². The highest BCUT2D eigenvalue weighted by Gasteiger charge is 2.26. The molecule has 0 N–H and O–H groups in total. The van der Waals surface area contributed by atoms with E-state index in [1.807, 2.05) is 0 Å². The van der Waals surface area contributed by atoms with Crippen LogP contribution in [0.5, 0.6) is 0 Å². The van der Waals surface area contributed by atoms with Crippen molar-refractivity contribution >= 4 is 22.9 Å². The minimum atomic E-state index is 1.06. The van der Waals surface area contributed by atoms with Gasteiger partial charge in [-0.1, -0.05) is 30.4 Å². The van der Waals surface area contributed by atoms with Crippen LogP contribution in [0.25, 0.3) is 0 Å². The van der Waals surface area contributed by atoms with Gasteiger partial charge in [0.25, 0.3) is 0 Å². The van der Waals surface area contributed by atoms with Gasteiger partial charge in [-0.05, 0) is 30.4 Å². The lowest BCUT2D eigenvalue weighted by Gasteiger charge is -2.36. The molecule has 2 heteroatoms. The second-order valence-corrected chi connectivity index (χ2v) is 4.55. The molecule has 0 atom stereocenters. The van der Waals surface area contributed by atoms with Crippen LogP contribution in [0.4, 0.5) is 5.69 Å². The number of nitrogens with zero attached hydrogens (tertiary/aromatic N) is 1. The highest BCUT2D eigenvalue weighted by molar-refractivity contribution is 7.80. The smallest absolute Gasteiger partial charge is 0.0827 e. The van der Waals surface area contributed by atoms with Gasteiger partial charge in [-0.25, -0.2) is 0 Å². The van der Waals surface area contributed by atoms with Crippen LogP contribution in [0, 0.1) is 0 Å². The van der Waals surface area contributed by atoms with E-state index in [1.165, 1.54) is 29.7 Å². The average molecular weight is 203 g/mol. The minimum absolute atomic E-state index is 1.06. The summed E-state index contributed by atoms with van der Waals surface area (Å²) in [7, 11) is 0. The molecule has 1 aromatic rings. The molecule has 0 amide bonds. The summed E-state index contributed by atoms with van der Waals surface area (Å²) in [5.74, 6) is 0. The zero-order chi connectivity index (χ0) is 9.54. The largest absolute Gasteiger partial charge is 0.336 e. The van der Waals surface area contributed by atoms with Gasteiger partial charge in [-0.15, -0.1) is 0 Å². The SMILES string of the molecule is S=C1CCc2cccc3c2N1CCC3. The predicted molar refractivity (Wildman–Crippen MR) is 63.0 cm³/mol. The molecule has 0 saturated heterocycles. The molecule has 2 aliphatic rings. The summed E-state index contributed by atoms with van der Waals surface area (Å²) in [6.45, 7) is 1.13. The molecule has 0 radical (unpaired) electrons. The van der Waals surface area contributed by atoms with Crippen LogP contribution >= 0.6 is 12.2 Å². The van der Waals surface area contributed by atoms with E-state index in [-0.39, 0.29) is 0 Å². The van der Waals surface area contributed by atoms with Crippen molar-refractivity contribution in [3.8, 4) is 0 Å². The molecule has 3 rings (SSSR count). The fourth-order valence-corrected chi connectivity index (χ4v) is 2.84. The molecule has 1 aromatic carbocycles. The minimum Gasteiger partial charge on any atom is -0.336 e. The first-order valence-electron chi connectivity index (χ1n) is 5.27. The van der Waals surface area contributed by atoms with Gasteiger partial charge in [0.05, 0.1) is 4.99 Å². The highest BCUT2D eigenvalue weighted by atomic mass is 32.1. The molecule has 1 nitrogen and oxygen atoms in total. The fourth-order valence-electron chi connectivity index (χ4n) is 2.56. The van der Waals surface area contributed by atoms with Crippen LogP contribution in [-0.4, -0.2) is 11.5 Å². The van der Waals surface area contributed by atoms with Crippen molar-refractivity contribution in [1.82, 2.24) is 0 Å². The molecular formula is C12H13NS. The van der Waals surface area contributed by atoms with Gasteiger partial charge < -0.3 is 4.90 Å². The van der Waals surface area contributed by atoms with E-state index in [9.17, 15) is 0 Å². The lowest BCUT2D eigenvalue weighted by atomic mass is 9.92. The Morgan fingerprint density at radius 2 is 1.86 bits per heavy atom. The second-order valence-electron chi connectivity index (χ2n) is 4.07. The summed E-state index contributed by atoms with van der Waals surface area (Å²) in [6, 6.07) is 6.68. The van der Waals surface area contributed by atoms with E-state index >= 15 is 0 Å². The number of anilines is 1. The zero-order valence-corrected chi connectivity index (χ0v) is 8.94. The van der Waals surface area contributed by atoms with Crippen LogP contribution in [0.15, 0.2) is 18.2 Å². The van der Waals surface area contributed by atoms with E-state index in [0.29, 0.717) is 0 Å². The van der Waals surface area contributed by atoms with Crippen molar-refractivity contribution in [2.45, 2.75) is 25.7 Å². The van der Waals surface area contributed by atoms with Crippen molar-refractivity contribution in [2.75, 3.05) is 11.4 Å². The van der Waals surface area contributed by atoms with Gasteiger partial charge in [0.15, 0.2) is 0 Å². The predicted octanol–water partition coefficient (Wildman–Crippen LogP) is 2.71. The maximum atomic E-state index is 5.42. The summed E-state index contributed by atoms with van der Waals surface area (Å²) >= 11 is 5.42. The van der Waals surface area contributed by atoms with Crippen LogP contribution in [0.1, 0.15) is 24.0 Å². The number of thiocarbonyl (C=S) groups is 1. The molecule has 14 heavy (non-hydrogen) atoms. The first-order chi connectivity index (χ1) is 6.86.